The van der Waals surface area contributed by atoms with Crippen molar-refractivity contribution in [2.45, 2.75) is 18.7 Å². The molecule has 19 heavy (non-hydrogen) atoms. The summed E-state index contributed by atoms with van der Waals surface area (Å²) in [5, 5.41) is 5.14. The standard InChI is InChI=1S/C12H21N3O3S/c1-3-15(4-2)7-8-18-11-6-5-10(13)9-12(11)19(14,16)17/h5-6,9H,3-4,7-8,13H2,1-2H3,(H2,14,16,17). The number of rotatable bonds is 7. The second-order valence-corrected chi connectivity index (χ2v) is 5.66. The average Bonchev–Trinajstić information content (AvgIpc) is 2.35. The van der Waals surface area contributed by atoms with Gasteiger partial charge in [0.2, 0.25) is 10.0 Å². The molecule has 4 N–H and O–H groups in total. The summed E-state index contributed by atoms with van der Waals surface area (Å²) in [6, 6.07) is 4.42. The molecule has 0 spiro atoms. The summed E-state index contributed by atoms with van der Waals surface area (Å²) in [5.74, 6) is 0.240. The number of benzene rings is 1. The van der Waals surface area contributed by atoms with Crippen LogP contribution < -0.4 is 15.6 Å². The van der Waals surface area contributed by atoms with E-state index in [1.165, 1.54) is 12.1 Å². The third-order valence-electron chi connectivity index (χ3n) is 2.83. The Morgan fingerprint density at radius 3 is 2.42 bits per heavy atom. The topological polar surface area (TPSA) is 98.7 Å². The Bertz CT molecular complexity index is 513. The summed E-state index contributed by atoms with van der Waals surface area (Å²) in [6.45, 7) is 7.08. The number of nitrogen functional groups attached to an aromatic ring is 1. The second-order valence-electron chi connectivity index (χ2n) is 4.13. The van der Waals surface area contributed by atoms with E-state index in [0.29, 0.717) is 12.3 Å². The van der Waals surface area contributed by atoms with Gasteiger partial charge in [0, 0.05) is 12.2 Å². The van der Waals surface area contributed by atoms with Crippen LogP contribution in [0.5, 0.6) is 5.75 Å². The minimum atomic E-state index is -3.84. The molecule has 1 aromatic rings. The first-order valence-electron chi connectivity index (χ1n) is 6.16. The number of sulfonamides is 1. The van der Waals surface area contributed by atoms with Crippen molar-refractivity contribution >= 4 is 15.7 Å². The quantitative estimate of drug-likeness (QED) is 0.717. The molecule has 0 unspecified atom stereocenters. The van der Waals surface area contributed by atoms with Gasteiger partial charge in [0.25, 0.3) is 0 Å². The first kappa shape index (κ1) is 15.7. The lowest BCUT2D eigenvalue weighted by molar-refractivity contribution is 0.219. The Labute approximate surface area is 114 Å². The molecule has 0 bridgehead atoms. The Hall–Kier alpha value is -1.31. The van der Waals surface area contributed by atoms with Crippen molar-refractivity contribution in [2.75, 3.05) is 32.0 Å². The van der Waals surface area contributed by atoms with Crippen LogP contribution in [0.1, 0.15) is 13.8 Å². The third-order valence-corrected chi connectivity index (χ3v) is 3.77. The van der Waals surface area contributed by atoms with E-state index in [2.05, 4.69) is 18.7 Å². The molecule has 0 amide bonds. The highest BCUT2D eigenvalue weighted by atomic mass is 32.2. The normalized spacial score (nSPS) is 11.8. The molecule has 7 heteroatoms. The van der Waals surface area contributed by atoms with Crippen LogP contribution in [0, 0.1) is 0 Å². The summed E-state index contributed by atoms with van der Waals surface area (Å²) in [6.07, 6.45) is 0. The maximum absolute atomic E-state index is 11.4. The van der Waals surface area contributed by atoms with E-state index in [0.717, 1.165) is 19.6 Å². The number of ether oxygens (including phenoxy) is 1. The van der Waals surface area contributed by atoms with Crippen molar-refractivity contribution in [1.29, 1.82) is 0 Å². The maximum atomic E-state index is 11.4. The number of likely N-dealkylation sites (N-methyl/N-ethyl adjacent to an activating group) is 1. The van der Waals surface area contributed by atoms with Gasteiger partial charge in [-0.15, -0.1) is 0 Å². The molecule has 1 rings (SSSR count). The van der Waals surface area contributed by atoms with Crippen LogP contribution in [0.2, 0.25) is 0 Å². The van der Waals surface area contributed by atoms with Crippen molar-refractivity contribution in [2.24, 2.45) is 5.14 Å². The van der Waals surface area contributed by atoms with Gasteiger partial charge in [0.05, 0.1) is 0 Å². The SMILES string of the molecule is CCN(CC)CCOc1ccc(N)cc1S(N)(=O)=O. The highest BCUT2D eigenvalue weighted by Crippen LogP contribution is 2.25. The number of nitrogens with zero attached hydrogens (tertiary/aromatic N) is 1. The third kappa shape index (κ3) is 4.70. The minimum Gasteiger partial charge on any atom is -0.491 e. The maximum Gasteiger partial charge on any atom is 0.241 e. The molecule has 6 nitrogen and oxygen atoms in total. The van der Waals surface area contributed by atoms with Gasteiger partial charge in [0.1, 0.15) is 17.3 Å². The first-order chi connectivity index (χ1) is 8.88. The molecule has 0 aliphatic rings. The molecule has 108 valence electrons. The van der Waals surface area contributed by atoms with Gasteiger partial charge >= 0.3 is 0 Å². The van der Waals surface area contributed by atoms with E-state index < -0.39 is 10.0 Å². The van der Waals surface area contributed by atoms with Crippen LogP contribution in [0.25, 0.3) is 0 Å². The van der Waals surface area contributed by atoms with E-state index in [4.69, 9.17) is 15.6 Å². The van der Waals surface area contributed by atoms with Crippen LogP contribution in [-0.2, 0) is 10.0 Å². The van der Waals surface area contributed by atoms with Crippen LogP contribution >= 0.6 is 0 Å². The summed E-state index contributed by atoms with van der Waals surface area (Å²) < 4.78 is 28.4. The lowest BCUT2D eigenvalue weighted by Gasteiger charge is -2.18. The molecule has 0 aliphatic heterocycles. The Morgan fingerprint density at radius 1 is 1.26 bits per heavy atom. The zero-order chi connectivity index (χ0) is 14.5. The van der Waals surface area contributed by atoms with E-state index in [-0.39, 0.29) is 10.6 Å². The first-order valence-corrected chi connectivity index (χ1v) is 7.70. The molecule has 0 aromatic heterocycles. The van der Waals surface area contributed by atoms with Crippen molar-refractivity contribution < 1.29 is 13.2 Å². The summed E-state index contributed by atoms with van der Waals surface area (Å²) >= 11 is 0. The van der Waals surface area contributed by atoms with Crippen molar-refractivity contribution in [3.8, 4) is 5.75 Å². The van der Waals surface area contributed by atoms with Crippen molar-refractivity contribution in [3.63, 3.8) is 0 Å². The number of anilines is 1. The largest absolute Gasteiger partial charge is 0.491 e. The van der Waals surface area contributed by atoms with E-state index >= 15 is 0 Å². The number of primary sulfonamides is 1. The molecule has 0 heterocycles. The predicted octanol–water partition coefficient (Wildman–Crippen LogP) is 0.637. The Morgan fingerprint density at radius 2 is 1.89 bits per heavy atom. The molecular weight excluding hydrogens is 266 g/mol. The molecule has 0 saturated heterocycles. The summed E-state index contributed by atoms with van der Waals surface area (Å²) in [7, 11) is -3.84. The van der Waals surface area contributed by atoms with Crippen molar-refractivity contribution in [1.82, 2.24) is 4.90 Å². The monoisotopic (exact) mass is 287 g/mol. The van der Waals surface area contributed by atoms with Gasteiger partial charge in [-0.2, -0.15) is 0 Å². The molecule has 0 radical (unpaired) electrons. The zero-order valence-electron chi connectivity index (χ0n) is 11.3. The number of hydrogen-bond acceptors (Lipinski definition) is 5. The molecule has 1 aromatic carbocycles. The van der Waals surface area contributed by atoms with Crippen LogP contribution in [-0.4, -0.2) is 39.6 Å². The Balaban J connectivity index is 2.79. The molecule has 0 aliphatic carbocycles. The molecule has 0 fully saturated rings. The fourth-order valence-corrected chi connectivity index (χ4v) is 2.40. The van der Waals surface area contributed by atoms with E-state index in [9.17, 15) is 8.42 Å². The van der Waals surface area contributed by atoms with Gasteiger partial charge in [-0.25, -0.2) is 13.6 Å². The minimum absolute atomic E-state index is 0.0768. The van der Waals surface area contributed by atoms with E-state index in [1.807, 2.05) is 0 Å². The lowest BCUT2D eigenvalue weighted by atomic mass is 10.3. The number of hydrogen-bond donors (Lipinski definition) is 2. The molecule has 0 saturated carbocycles. The van der Waals surface area contributed by atoms with Gasteiger partial charge in [-0.05, 0) is 31.3 Å². The fraction of sp³-hybridized carbons (Fsp3) is 0.500. The average molecular weight is 287 g/mol. The van der Waals surface area contributed by atoms with Gasteiger partial charge in [-0.3, -0.25) is 0 Å². The zero-order valence-corrected chi connectivity index (χ0v) is 12.1. The van der Waals surface area contributed by atoms with E-state index in [1.54, 1.807) is 6.07 Å². The lowest BCUT2D eigenvalue weighted by Crippen LogP contribution is -2.28. The Kier molecular flexibility index (Phi) is 5.59. The summed E-state index contributed by atoms with van der Waals surface area (Å²) in [4.78, 5) is 2.10. The molecule has 0 atom stereocenters. The van der Waals surface area contributed by atoms with Crippen LogP contribution in [0.4, 0.5) is 5.69 Å². The van der Waals surface area contributed by atoms with Gasteiger partial charge in [0.15, 0.2) is 0 Å². The highest BCUT2D eigenvalue weighted by molar-refractivity contribution is 7.89. The number of nitrogens with two attached hydrogens (primary N) is 2. The van der Waals surface area contributed by atoms with Crippen LogP contribution in [0.3, 0.4) is 0 Å². The van der Waals surface area contributed by atoms with Gasteiger partial charge in [-0.1, -0.05) is 13.8 Å². The predicted molar refractivity (Wildman–Crippen MR) is 75.5 cm³/mol. The van der Waals surface area contributed by atoms with Gasteiger partial charge < -0.3 is 15.4 Å². The van der Waals surface area contributed by atoms with Crippen LogP contribution in [0.15, 0.2) is 23.1 Å². The molecular formula is C12H21N3O3S. The summed E-state index contributed by atoms with van der Waals surface area (Å²) in [5.41, 5.74) is 5.89. The highest BCUT2D eigenvalue weighted by Gasteiger charge is 2.15. The smallest absolute Gasteiger partial charge is 0.241 e. The fourth-order valence-electron chi connectivity index (χ4n) is 1.69. The van der Waals surface area contributed by atoms with Crippen molar-refractivity contribution in [3.05, 3.63) is 18.2 Å². The second kappa shape index (κ2) is 6.74.